The average Bonchev–Trinajstić information content (AvgIpc) is 3.17. The van der Waals surface area contributed by atoms with Crippen molar-refractivity contribution in [2.45, 2.75) is 19.0 Å². The Labute approximate surface area is 183 Å². The van der Waals surface area contributed by atoms with Crippen LogP contribution in [0.15, 0.2) is 72.9 Å². The number of ether oxygens (including phenoxy) is 1. The molecular weight excluding hydrogens is 419 g/mol. The number of nitrogens with one attached hydrogen (secondary N) is 2. The number of carbonyl (C=O) groups excluding carboxylic acids is 1. The van der Waals surface area contributed by atoms with Crippen molar-refractivity contribution in [2.75, 3.05) is 18.4 Å². The molecule has 0 spiro atoms. The largest absolute Gasteiger partial charge is 0.456 e. The molecule has 166 valence electrons. The van der Waals surface area contributed by atoms with E-state index in [1.807, 2.05) is 37.3 Å². The molecule has 0 aliphatic carbocycles. The molecule has 1 saturated heterocycles. The van der Waals surface area contributed by atoms with Gasteiger partial charge in [0.15, 0.2) is 0 Å². The molecule has 3 aromatic rings. The predicted molar refractivity (Wildman–Crippen MR) is 115 cm³/mol. The number of nitrogens with zero attached hydrogens (tertiary/aromatic N) is 1. The summed E-state index contributed by atoms with van der Waals surface area (Å²) in [4.78, 5) is 16.6. The fourth-order valence-electron chi connectivity index (χ4n) is 3.89. The Bertz CT molecular complexity index is 1090. The molecule has 4 rings (SSSR count). The molecule has 2 heterocycles. The summed E-state index contributed by atoms with van der Waals surface area (Å²) in [6.45, 7) is 3.19. The van der Waals surface area contributed by atoms with E-state index in [9.17, 15) is 18.0 Å². The van der Waals surface area contributed by atoms with Gasteiger partial charge in [0.25, 0.3) is 0 Å². The molecule has 0 radical (unpaired) electrons. The highest BCUT2D eigenvalue weighted by Gasteiger charge is 2.45. The topological polar surface area (TPSA) is 63.2 Å². The highest BCUT2D eigenvalue weighted by atomic mass is 19.4. The Morgan fingerprint density at radius 1 is 1.09 bits per heavy atom. The lowest BCUT2D eigenvalue weighted by Gasteiger charge is -2.29. The molecule has 8 heteroatoms. The van der Waals surface area contributed by atoms with Gasteiger partial charge in [-0.15, -0.1) is 0 Å². The van der Waals surface area contributed by atoms with E-state index in [1.165, 1.54) is 6.07 Å². The fraction of sp³-hybridized carbons (Fsp3) is 0.250. The Balaban J connectivity index is 1.47. The van der Waals surface area contributed by atoms with Crippen molar-refractivity contribution in [1.82, 2.24) is 10.3 Å². The predicted octanol–water partition coefficient (Wildman–Crippen LogP) is 5.22. The molecule has 1 amide bonds. The third-order valence-corrected chi connectivity index (χ3v) is 5.68. The summed E-state index contributed by atoms with van der Waals surface area (Å²) in [6.07, 6.45) is -3.49. The van der Waals surface area contributed by atoms with E-state index in [4.69, 9.17) is 4.74 Å². The average molecular weight is 441 g/mol. The number of rotatable bonds is 5. The van der Waals surface area contributed by atoms with Gasteiger partial charge in [-0.25, -0.2) is 4.98 Å². The number of anilines is 1. The van der Waals surface area contributed by atoms with E-state index in [1.54, 1.807) is 24.3 Å². The van der Waals surface area contributed by atoms with Gasteiger partial charge in [0, 0.05) is 30.8 Å². The molecule has 1 aliphatic heterocycles. The summed E-state index contributed by atoms with van der Waals surface area (Å²) in [6, 6.07) is 18.7. The molecule has 1 fully saturated rings. The monoisotopic (exact) mass is 441 g/mol. The molecule has 2 aromatic carbocycles. The van der Waals surface area contributed by atoms with Gasteiger partial charge in [-0.1, -0.05) is 36.4 Å². The number of carbonyl (C=O) groups is 1. The molecule has 0 saturated carbocycles. The van der Waals surface area contributed by atoms with Crippen LogP contribution in [0.4, 0.5) is 18.9 Å². The van der Waals surface area contributed by atoms with E-state index in [-0.39, 0.29) is 17.6 Å². The minimum absolute atomic E-state index is 0.0290. The molecule has 2 N–H and O–H groups in total. The molecule has 1 aliphatic rings. The van der Waals surface area contributed by atoms with Crippen LogP contribution in [-0.4, -0.2) is 24.0 Å². The van der Waals surface area contributed by atoms with E-state index in [0.29, 0.717) is 24.5 Å². The fourth-order valence-corrected chi connectivity index (χ4v) is 3.89. The number of hydrogen-bond acceptors (Lipinski definition) is 4. The van der Waals surface area contributed by atoms with Crippen molar-refractivity contribution in [1.29, 1.82) is 0 Å². The minimum Gasteiger partial charge on any atom is -0.456 e. The van der Waals surface area contributed by atoms with Crippen LogP contribution in [0.25, 0.3) is 0 Å². The second kappa shape index (κ2) is 8.63. The lowest BCUT2D eigenvalue weighted by molar-refractivity contribution is -0.141. The molecule has 0 bridgehead atoms. The Hall–Kier alpha value is -3.39. The maximum Gasteiger partial charge on any atom is 0.433 e. The lowest BCUT2D eigenvalue weighted by Crippen LogP contribution is -2.39. The SMILES string of the molecule is C[C@@]1(C(=O)Nc2cccc(Oc3ccc(C(F)(F)F)nc3)c2)CNC[C@H]1c1ccccc1. The van der Waals surface area contributed by atoms with Gasteiger partial charge in [0.2, 0.25) is 5.91 Å². The van der Waals surface area contributed by atoms with Crippen LogP contribution in [0.5, 0.6) is 11.5 Å². The van der Waals surface area contributed by atoms with Crippen molar-refractivity contribution >= 4 is 11.6 Å². The zero-order chi connectivity index (χ0) is 22.8. The third-order valence-electron chi connectivity index (χ3n) is 5.68. The summed E-state index contributed by atoms with van der Waals surface area (Å²) in [5.74, 6) is 0.447. The molecule has 1 aromatic heterocycles. The van der Waals surface area contributed by atoms with Crippen molar-refractivity contribution < 1.29 is 22.7 Å². The van der Waals surface area contributed by atoms with E-state index in [2.05, 4.69) is 15.6 Å². The van der Waals surface area contributed by atoms with Gasteiger partial charge in [0.1, 0.15) is 17.2 Å². The Morgan fingerprint density at radius 2 is 1.88 bits per heavy atom. The number of amides is 1. The normalized spacial score (nSPS) is 20.7. The summed E-state index contributed by atoms with van der Waals surface area (Å²) < 4.78 is 43.6. The van der Waals surface area contributed by atoms with Crippen molar-refractivity contribution in [3.8, 4) is 11.5 Å². The number of alkyl halides is 3. The van der Waals surface area contributed by atoms with Crippen LogP contribution >= 0.6 is 0 Å². The van der Waals surface area contributed by atoms with E-state index < -0.39 is 17.3 Å². The summed E-state index contributed by atoms with van der Waals surface area (Å²) in [5.41, 5.74) is 0.00170. The first-order valence-corrected chi connectivity index (χ1v) is 10.1. The van der Waals surface area contributed by atoms with Crippen LogP contribution in [-0.2, 0) is 11.0 Å². The van der Waals surface area contributed by atoms with Crippen LogP contribution in [0.3, 0.4) is 0 Å². The molecule has 5 nitrogen and oxygen atoms in total. The number of aromatic nitrogens is 1. The van der Waals surface area contributed by atoms with Gasteiger partial charge in [-0.3, -0.25) is 4.79 Å². The van der Waals surface area contributed by atoms with Crippen LogP contribution < -0.4 is 15.4 Å². The van der Waals surface area contributed by atoms with Crippen molar-refractivity contribution in [3.63, 3.8) is 0 Å². The number of hydrogen-bond donors (Lipinski definition) is 2. The van der Waals surface area contributed by atoms with Crippen LogP contribution in [0.2, 0.25) is 0 Å². The molecule has 32 heavy (non-hydrogen) atoms. The number of halogens is 3. The summed E-state index contributed by atoms with van der Waals surface area (Å²) in [5, 5.41) is 6.27. The maximum absolute atomic E-state index is 13.2. The summed E-state index contributed by atoms with van der Waals surface area (Å²) in [7, 11) is 0. The van der Waals surface area contributed by atoms with Gasteiger partial charge in [-0.05, 0) is 36.8 Å². The molecule has 2 atom stereocenters. The second-order valence-electron chi connectivity index (χ2n) is 7.97. The molecule has 0 unspecified atom stereocenters. The number of benzene rings is 2. The highest BCUT2D eigenvalue weighted by Crippen LogP contribution is 2.40. The Morgan fingerprint density at radius 3 is 2.56 bits per heavy atom. The van der Waals surface area contributed by atoms with Crippen LogP contribution in [0, 0.1) is 5.41 Å². The van der Waals surface area contributed by atoms with Gasteiger partial charge in [0.05, 0.1) is 11.6 Å². The second-order valence-corrected chi connectivity index (χ2v) is 7.97. The first kappa shape index (κ1) is 21.8. The quantitative estimate of drug-likeness (QED) is 0.570. The van der Waals surface area contributed by atoms with Gasteiger partial charge >= 0.3 is 6.18 Å². The smallest absolute Gasteiger partial charge is 0.433 e. The lowest BCUT2D eigenvalue weighted by atomic mass is 9.75. The Kier molecular flexibility index (Phi) is 5.88. The first-order chi connectivity index (χ1) is 15.3. The van der Waals surface area contributed by atoms with Gasteiger partial charge in [-0.2, -0.15) is 13.2 Å². The zero-order valence-electron chi connectivity index (χ0n) is 17.3. The van der Waals surface area contributed by atoms with E-state index >= 15 is 0 Å². The standard InChI is InChI=1S/C24H22F3N3O2/c1-23(15-28-14-20(23)16-6-3-2-4-7-16)22(31)30-17-8-5-9-18(12-17)32-19-10-11-21(29-13-19)24(25,26)27/h2-13,20,28H,14-15H2,1H3,(H,30,31)/t20-,23+/m0/s1. The minimum atomic E-state index is -4.51. The first-order valence-electron chi connectivity index (χ1n) is 10.1. The van der Waals surface area contributed by atoms with Crippen molar-refractivity contribution in [3.05, 3.63) is 84.2 Å². The number of pyridine rings is 1. The molecular formula is C24H22F3N3O2. The van der Waals surface area contributed by atoms with E-state index in [0.717, 1.165) is 17.8 Å². The van der Waals surface area contributed by atoms with Crippen LogP contribution in [0.1, 0.15) is 24.1 Å². The third kappa shape index (κ3) is 4.60. The van der Waals surface area contributed by atoms with Crippen molar-refractivity contribution in [2.24, 2.45) is 5.41 Å². The van der Waals surface area contributed by atoms with Gasteiger partial charge < -0.3 is 15.4 Å². The maximum atomic E-state index is 13.2. The zero-order valence-corrected chi connectivity index (χ0v) is 17.3. The highest BCUT2D eigenvalue weighted by molar-refractivity contribution is 5.96. The summed E-state index contributed by atoms with van der Waals surface area (Å²) >= 11 is 0.